The zero-order chi connectivity index (χ0) is 19.0. The predicted molar refractivity (Wildman–Crippen MR) is 107 cm³/mol. The number of piperidine rings is 1. The molecule has 8 heteroatoms. The number of nitrogens with two attached hydrogens (primary N) is 1. The number of aromatic nitrogens is 2. The van der Waals surface area contributed by atoms with E-state index < -0.39 is 0 Å². The molecule has 3 heterocycles. The average molecular weight is 404 g/mol. The molecule has 1 amide bonds. The summed E-state index contributed by atoms with van der Waals surface area (Å²) in [6.07, 6.45) is 1.57. The van der Waals surface area contributed by atoms with Gasteiger partial charge in [-0.1, -0.05) is 29.8 Å². The van der Waals surface area contributed by atoms with Crippen molar-refractivity contribution in [3.05, 3.63) is 50.8 Å². The third kappa shape index (κ3) is 3.63. The molecule has 0 aliphatic carbocycles. The number of hydrogen-bond acceptors (Lipinski definition) is 4. The van der Waals surface area contributed by atoms with Crippen molar-refractivity contribution in [2.45, 2.75) is 19.4 Å². The van der Waals surface area contributed by atoms with Crippen LogP contribution in [-0.4, -0.2) is 29.0 Å². The van der Waals surface area contributed by atoms with Gasteiger partial charge in [0.15, 0.2) is 5.82 Å². The fourth-order valence-electron chi connectivity index (χ4n) is 3.68. The average Bonchev–Trinajstić information content (AvgIpc) is 3.07. The second kappa shape index (κ2) is 7.42. The van der Waals surface area contributed by atoms with Gasteiger partial charge in [0.1, 0.15) is 11.4 Å². The Bertz CT molecular complexity index is 1050. The SMILES string of the molecule is NC(=O)C1CC[NH+](Cc2nc3scc(-c4ccccc4Cl)c3c(=O)[nH]2)CC1. The van der Waals surface area contributed by atoms with Gasteiger partial charge in [-0.2, -0.15) is 0 Å². The summed E-state index contributed by atoms with van der Waals surface area (Å²) >= 11 is 7.75. The number of benzene rings is 1. The highest BCUT2D eigenvalue weighted by Gasteiger charge is 2.26. The minimum atomic E-state index is -0.215. The minimum Gasteiger partial charge on any atom is -0.369 e. The Morgan fingerprint density at radius 2 is 2.04 bits per heavy atom. The molecule has 0 atom stereocenters. The number of carbonyl (C=O) groups is 1. The number of amides is 1. The fourth-order valence-corrected chi connectivity index (χ4v) is 4.87. The smallest absolute Gasteiger partial charge is 0.260 e. The quantitative estimate of drug-likeness (QED) is 0.617. The molecule has 0 unspecified atom stereocenters. The van der Waals surface area contributed by atoms with Crippen LogP contribution in [0.15, 0.2) is 34.4 Å². The number of carbonyl (C=O) groups excluding carboxylic acids is 1. The highest BCUT2D eigenvalue weighted by Crippen LogP contribution is 2.34. The molecule has 3 aromatic rings. The highest BCUT2D eigenvalue weighted by atomic mass is 35.5. The second-order valence-corrected chi connectivity index (χ2v) is 8.19. The molecule has 4 N–H and O–H groups in total. The van der Waals surface area contributed by atoms with Gasteiger partial charge in [-0.05, 0) is 6.07 Å². The van der Waals surface area contributed by atoms with Crippen LogP contribution in [-0.2, 0) is 11.3 Å². The van der Waals surface area contributed by atoms with Crippen LogP contribution in [0.25, 0.3) is 21.3 Å². The number of nitrogens with zero attached hydrogens (tertiary/aromatic N) is 1. The largest absolute Gasteiger partial charge is 0.369 e. The third-order valence-corrected chi connectivity index (χ3v) is 6.37. The van der Waals surface area contributed by atoms with E-state index in [4.69, 9.17) is 17.3 Å². The molecule has 1 fully saturated rings. The van der Waals surface area contributed by atoms with Gasteiger partial charge in [-0.15, -0.1) is 11.3 Å². The van der Waals surface area contributed by atoms with Gasteiger partial charge in [0.05, 0.1) is 18.5 Å². The maximum Gasteiger partial charge on any atom is 0.260 e. The van der Waals surface area contributed by atoms with E-state index in [0.29, 0.717) is 22.8 Å². The minimum absolute atomic E-state index is 0.0290. The first-order valence-corrected chi connectivity index (χ1v) is 10.2. The number of thiophene rings is 1. The molecule has 0 bridgehead atoms. The highest BCUT2D eigenvalue weighted by molar-refractivity contribution is 7.17. The summed E-state index contributed by atoms with van der Waals surface area (Å²) in [4.78, 5) is 33.7. The number of nitrogens with one attached hydrogen (secondary N) is 2. The number of likely N-dealkylation sites (tertiary alicyclic amines) is 1. The first-order chi connectivity index (χ1) is 13.0. The number of fused-ring (bicyclic) bond motifs is 1. The Morgan fingerprint density at radius 1 is 1.30 bits per heavy atom. The standard InChI is InChI=1S/C19H19ClN4O2S/c20-14-4-2-1-3-12(14)13-10-27-19-16(13)18(26)22-15(23-19)9-24-7-5-11(6-8-24)17(21)25/h1-4,10-11H,5-9H2,(H2,21,25)(H,22,23,26)/p+1. The van der Waals surface area contributed by atoms with E-state index >= 15 is 0 Å². The zero-order valence-electron chi connectivity index (χ0n) is 14.6. The predicted octanol–water partition coefficient (Wildman–Crippen LogP) is 1.59. The van der Waals surface area contributed by atoms with Crippen LogP contribution < -0.4 is 16.2 Å². The number of aromatic amines is 1. The lowest BCUT2D eigenvalue weighted by Crippen LogP contribution is -3.12. The third-order valence-electron chi connectivity index (χ3n) is 5.17. The maximum atomic E-state index is 12.7. The van der Waals surface area contributed by atoms with Crippen LogP contribution >= 0.6 is 22.9 Å². The molecule has 0 saturated carbocycles. The summed E-state index contributed by atoms with van der Waals surface area (Å²) in [6, 6.07) is 7.49. The van der Waals surface area contributed by atoms with E-state index in [1.807, 2.05) is 29.6 Å². The Hall–Kier alpha value is -2.22. The van der Waals surface area contributed by atoms with Crippen molar-refractivity contribution in [1.82, 2.24) is 9.97 Å². The summed E-state index contributed by atoms with van der Waals surface area (Å²) in [7, 11) is 0. The first-order valence-electron chi connectivity index (χ1n) is 8.91. The molecule has 1 aliphatic rings. The summed E-state index contributed by atoms with van der Waals surface area (Å²) in [5, 5.41) is 3.13. The van der Waals surface area contributed by atoms with Crippen LogP contribution in [0.3, 0.4) is 0 Å². The zero-order valence-corrected chi connectivity index (χ0v) is 16.2. The van der Waals surface area contributed by atoms with Crippen molar-refractivity contribution in [3.8, 4) is 11.1 Å². The lowest BCUT2D eigenvalue weighted by Gasteiger charge is -2.27. The summed E-state index contributed by atoms with van der Waals surface area (Å²) in [5.74, 6) is 0.430. The molecular weight excluding hydrogens is 384 g/mol. The monoisotopic (exact) mass is 403 g/mol. The Labute approximate surface area is 165 Å². The number of quaternary nitrogens is 1. The molecule has 2 aromatic heterocycles. The van der Waals surface area contributed by atoms with Crippen LogP contribution in [0.1, 0.15) is 18.7 Å². The van der Waals surface area contributed by atoms with E-state index in [0.717, 1.165) is 41.9 Å². The topological polar surface area (TPSA) is 93.3 Å². The van der Waals surface area contributed by atoms with Gasteiger partial charge >= 0.3 is 0 Å². The number of halogens is 1. The second-order valence-electron chi connectivity index (χ2n) is 6.93. The first kappa shape index (κ1) is 18.2. The summed E-state index contributed by atoms with van der Waals surface area (Å²) < 4.78 is 0. The lowest BCUT2D eigenvalue weighted by atomic mass is 9.96. The van der Waals surface area contributed by atoms with Crippen molar-refractivity contribution in [1.29, 1.82) is 0 Å². The molecule has 1 saturated heterocycles. The van der Waals surface area contributed by atoms with Crippen LogP contribution in [0, 0.1) is 5.92 Å². The van der Waals surface area contributed by atoms with Gasteiger partial charge in [-0.25, -0.2) is 4.98 Å². The molecular formula is C19H20ClN4O2S+. The molecule has 1 aliphatic heterocycles. The van der Waals surface area contributed by atoms with E-state index in [1.165, 1.54) is 16.2 Å². The summed E-state index contributed by atoms with van der Waals surface area (Å²) in [6.45, 7) is 2.34. The van der Waals surface area contributed by atoms with Crippen LogP contribution in [0.4, 0.5) is 0 Å². The van der Waals surface area contributed by atoms with Crippen molar-refractivity contribution >= 4 is 39.1 Å². The van der Waals surface area contributed by atoms with E-state index in [-0.39, 0.29) is 17.4 Å². The van der Waals surface area contributed by atoms with Crippen molar-refractivity contribution < 1.29 is 9.69 Å². The molecule has 4 rings (SSSR count). The molecule has 0 spiro atoms. The lowest BCUT2D eigenvalue weighted by molar-refractivity contribution is -0.920. The van der Waals surface area contributed by atoms with E-state index in [2.05, 4.69) is 9.97 Å². The van der Waals surface area contributed by atoms with Gasteiger partial charge in [0.2, 0.25) is 5.91 Å². The van der Waals surface area contributed by atoms with Gasteiger partial charge in [-0.3, -0.25) is 9.59 Å². The Kier molecular flexibility index (Phi) is 4.99. The normalized spacial score (nSPS) is 20.0. The van der Waals surface area contributed by atoms with Crippen molar-refractivity contribution in [3.63, 3.8) is 0 Å². The van der Waals surface area contributed by atoms with E-state index in [9.17, 15) is 9.59 Å². The number of rotatable bonds is 4. The number of hydrogen-bond donors (Lipinski definition) is 3. The van der Waals surface area contributed by atoms with E-state index in [1.54, 1.807) is 0 Å². The Morgan fingerprint density at radius 3 is 2.74 bits per heavy atom. The van der Waals surface area contributed by atoms with Crippen molar-refractivity contribution in [2.24, 2.45) is 11.7 Å². The maximum absolute atomic E-state index is 12.7. The van der Waals surface area contributed by atoms with Gasteiger partial charge < -0.3 is 15.6 Å². The summed E-state index contributed by atoms with van der Waals surface area (Å²) in [5.41, 5.74) is 6.90. The van der Waals surface area contributed by atoms with Crippen LogP contribution in [0.5, 0.6) is 0 Å². The molecule has 27 heavy (non-hydrogen) atoms. The number of H-pyrrole nitrogens is 1. The molecule has 6 nitrogen and oxygen atoms in total. The van der Waals surface area contributed by atoms with Gasteiger partial charge in [0.25, 0.3) is 5.56 Å². The molecule has 1 aromatic carbocycles. The van der Waals surface area contributed by atoms with Crippen molar-refractivity contribution in [2.75, 3.05) is 13.1 Å². The van der Waals surface area contributed by atoms with Gasteiger partial charge in [0, 0.05) is 40.3 Å². The Balaban J connectivity index is 1.60. The molecule has 140 valence electrons. The fraction of sp³-hybridized carbons (Fsp3) is 0.316. The molecule has 0 radical (unpaired) electrons. The van der Waals surface area contributed by atoms with Crippen LogP contribution in [0.2, 0.25) is 5.02 Å². The number of primary amides is 1.